The molecule has 4 heterocycles. The summed E-state index contributed by atoms with van der Waals surface area (Å²) in [5.74, 6) is -0.250. The van der Waals surface area contributed by atoms with Crippen molar-refractivity contribution in [2.75, 3.05) is 31.5 Å². The molecule has 6 rings (SSSR count). The van der Waals surface area contributed by atoms with Crippen molar-refractivity contribution in [1.29, 1.82) is 0 Å². The predicted molar refractivity (Wildman–Crippen MR) is 136 cm³/mol. The lowest BCUT2D eigenvalue weighted by Crippen LogP contribution is -2.48. The molecule has 1 spiro atoms. The van der Waals surface area contributed by atoms with Crippen LogP contribution in [-0.2, 0) is 17.8 Å². The number of nitrogens with one attached hydrogen (secondary N) is 1. The number of fused-ring (bicyclic) bond motifs is 2. The summed E-state index contributed by atoms with van der Waals surface area (Å²) in [7, 11) is 0. The second-order valence-corrected chi connectivity index (χ2v) is 11.5. The first-order chi connectivity index (χ1) is 17.2. The molecule has 4 aliphatic heterocycles. The predicted octanol–water partition coefficient (Wildman–Crippen LogP) is 4.05. The van der Waals surface area contributed by atoms with Gasteiger partial charge in [0, 0.05) is 31.6 Å². The summed E-state index contributed by atoms with van der Waals surface area (Å²) in [5, 5.41) is 2.59. The van der Waals surface area contributed by atoms with Gasteiger partial charge >= 0.3 is 0 Å². The smallest absolute Gasteiger partial charge is 0.296 e. The second kappa shape index (κ2) is 8.44. The Labute approximate surface area is 211 Å². The maximum Gasteiger partial charge on any atom is 0.296 e. The molecular formula is C29H33N3O4. The first kappa shape index (κ1) is 23.2. The zero-order valence-electron chi connectivity index (χ0n) is 21.1. The monoisotopic (exact) mass is 487 g/mol. The van der Waals surface area contributed by atoms with Gasteiger partial charge in [-0.2, -0.15) is 0 Å². The van der Waals surface area contributed by atoms with Gasteiger partial charge in [-0.15, -0.1) is 0 Å². The van der Waals surface area contributed by atoms with E-state index in [0.29, 0.717) is 29.9 Å². The lowest BCUT2D eigenvalue weighted by atomic mass is 9.71. The topological polar surface area (TPSA) is 79.0 Å². The van der Waals surface area contributed by atoms with Gasteiger partial charge < -0.3 is 15.0 Å². The van der Waals surface area contributed by atoms with Gasteiger partial charge in [-0.1, -0.05) is 24.3 Å². The van der Waals surface area contributed by atoms with Crippen LogP contribution in [0.25, 0.3) is 0 Å². The van der Waals surface area contributed by atoms with Crippen molar-refractivity contribution in [3.63, 3.8) is 0 Å². The molecule has 0 unspecified atom stereocenters. The lowest BCUT2D eigenvalue weighted by molar-refractivity contribution is -0.112. The minimum Gasteiger partial charge on any atom is -0.487 e. The molecule has 0 aromatic heterocycles. The highest BCUT2D eigenvalue weighted by Crippen LogP contribution is 2.43. The van der Waals surface area contributed by atoms with Gasteiger partial charge in [-0.25, -0.2) is 0 Å². The first-order valence-electron chi connectivity index (χ1n) is 13.0. The SMILES string of the molecule is CC1(C)Cc2cccc(CN3CCC4(CC3)CCN(C(=O)c3cccc5c3NC(=O)C5=O)CC4)c2O1. The molecule has 0 bridgehead atoms. The molecule has 0 radical (unpaired) electrons. The number of Topliss-reactive ketones (excluding diaryl/α,β-unsaturated/α-hetero) is 1. The van der Waals surface area contributed by atoms with Crippen LogP contribution in [0.4, 0.5) is 5.69 Å². The number of ketones is 1. The highest BCUT2D eigenvalue weighted by molar-refractivity contribution is 6.52. The molecule has 2 fully saturated rings. The van der Waals surface area contributed by atoms with E-state index in [4.69, 9.17) is 4.74 Å². The quantitative estimate of drug-likeness (QED) is 0.661. The third-order valence-corrected chi connectivity index (χ3v) is 8.58. The molecule has 7 heteroatoms. The average molecular weight is 488 g/mol. The Morgan fingerprint density at radius 2 is 1.67 bits per heavy atom. The maximum atomic E-state index is 13.3. The minimum absolute atomic E-state index is 0.102. The van der Waals surface area contributed by atoms with Crippen LogP contribution in [0.15, 0.2) is 36.4 Å². The van der Waals surface area contributed by atoms with Crippen LogP contribution < -0.4 is 10.1 Å². The van der Waals surface area contributed by atoms with E-state index in [1.165, 1.54) is 11.1 Å². The number of hydrogen-bond acceptors (Lipinski definition) is 5. The number of anilines is 1. The minimum atomic E-state index is -0.662. The zero-order chi connectivity index (χ0) is 25.1. The molecule has 2 saturated heterocycles. The van der Waals surface area contributed by atoms with Crippen molar-refractivity contribution in [2.24, 2.45) is 5.41 Å². The third kappa shape index (κ3) is 3.99. The molecule has 188 valence electrons. The number of hydrogen-bond donors (Lipinski definition) is 1. The van der Waals surface area contributed by atoms with Gasteiger partial charge in [0.15, 0.2) is 0 Å². The van der Waals surface area contributed by atoms with E-state index >= 15 is 0 Å². The largest absolute Gasteiger partial charge is 0.487 e. The van der Waals surface area contributed by atoms with Crippen molar-refractivity contribution in [2.45, 2.75) is 58.1 Å². The number of amides is 2. The first-order valence-corrected chi connectivity index (χ1v) is 13.0. The zero-order valence-corrected chi connectivity index (χ0v) is 21.1. The number of para-hydroxylation sites is 2. The van der Waals surface area contributed by atoms with Crippen LogP contribution >= 0.6 is 0 Å². The number of ether oxygens (including phenoxy) is 1. The van der Waals surface area contributed by atoms with E-state index < -0.39 is 11.7 Å². The third-order valence-electron chi connectivity index (χ3n) is 8.58. The molecule has 0 atom stereocenters. The molecular weight excluding hydrogens is 454 g/mol. The number of likely N-dealkylation sites (tertiary alicyclic amines) is 2. The fourth-order valence-corrected chi connectivity index (χ4v) is 6.43. The summed E-state index contributed by atoms with van der Waals surface area (Å²) in [4.78, 5) is 41.5. The van der Waals surface area contributed by atoms with Crippen LogP contribution in [0.5, 0.6) is 5.75 Å². The Morgan fingerprint density at radius 3 is 2.42 bits per heavy atom. The molecule has 2 aromatic rings. The van der Waals surface area contributed by atoms with Crippen LogP contribution in [0, 0.1) is 5.41 Å². The number of benzene rings is 2. The molecule has 0 saturated carbocycles. The van der Waals surface area contributed by atoms with Gasteiger partial charge in [-0.3, -0.25) is 19.3 Å². The summed E-state index contributed by atoms with van der Waals surface area (Å²) in [6.07, 6.45) is 5.22. The molecule has 0 aliphatic carbocycles. The summed E-state index contributed by atoms with van der Waals surface area (Å²) in [6, 6.07) is 11.5. The summed E-state index contributed by atoms with van der Waals surface area (Å²) < 4.78 is 6.28. The van der Waals surface area contributed by atoms with Gasteiger partial charge in [0.05, 0.1) is 16.8 Å². The highest BCUT2D eigenvalue weighted by Gasteiger charge is 2.40. The Bertz CT molecular complexity index is 1250. The summed E-state index contributed by atoms with van der Waals surface area (Å²) in [5.41, 5.74) is 3.84. The summed E-state index contributed by atoms with van der Waals surface area (Å²) >= 11 is 0. The van der Waals surface area contributed by atoms with E-state index in [0.717, 1.165) is 57.5 Å². The number of nitrogens with zero attached hydrogens (tertiary/aromatic N) is 2. The summed E-state index contributed by atoms with van der Waals surface area (Å²) in [6.45, 7) is 8.75. The molecule has 4 aliphatic rings. The van der Waals surface area contributed by atoms with E-state index in [2.05, 4.69) is 42.3 Å². The molecule has 36 heavy (non-hydrogen) atoms. The van der Waals surface area contributed by atoms with E-state index in [-0.39, 0.29) is 16.9 Å². The highest BCUT2D eigenvalue weighted by atomic mass is 16.5. The van der Waals surface area contributed by atoms with Crippen LogP contribution in [-0.4, -0.2) is 59.2 Å². The van der Waals surface area contributed by atoms with Crippen molar-refractivity contribution in [1.82, 2.24) is 9.80 Å². The molecule has 2 aromatic carbocycles. The number of carbonyl (C=O) groups is 3. The van der Waals surface area contributed by atoms with Crippen molar-refractivity contribution < 1.29 is 19.1 Å². The Balaban J connectivity index is 1.06. The van der Waals surface area contributed by atoms with E-state index in [9.17, 15) is 14.4 Å². The fourth-order valence-electron chi connectivity index (χ4n) is 6.43. The van der Waals surface area contributed by atoms with Crippen LogP contribution in [0.1, 0.15) is 71.4 Å². The Kier molecular flexibility index (Phi) is 5.45. The molecule has 2 amide bonds. The second-order valence-electron chi connectivity index (χ2n) is 11.5. The fraction of sp³-hybridized carbons (Fsp3) is 0.483. The number of carbonyl (C=O) groups excluding carboxylic acids is 3. The van der Waals surface area contributed by atoms with Crippen LogP contribution in [0.2, 0.25) is 0 Å². The average Bonchev–Trinajstić information content (AvgIpc) is 3.35. The Hall–Kier alpha value is -3.19. The van der Waals surface area contributed by atoms with Gasteiger partial charge in [0.1, 0.15) is 11.4 Å². The lowest BCUT2D eigenvalue weighted by Gasteiger charge is -2.47. The van der Waals surface area contributed by atoms with Gasteiger partial charge in [-0.05, 0) is 75.7 Å². The van der Waals surface area contributed by atoms with E-state index in [1.54, 1.807) is 18.2 Å². The van der Waals surface area contributed by atoms with Crippen molar-refractivity contribution in [3.8, 4) is 5.75 Å². The number of rotatable bonds is 3. The number of piperidine rings is 2. The standard InChI is InChI=1S/C29H33N3O4/c1-28(2)17-19-5-3-6-20(25(19)36-28)18-31-13-9-29(10-14-31)11-15-32(16-12-29)27(35)22-8-4-7-21-23(22)30-26(34)24(21)33/h3-8H,9-18H2,1-2H3,(H,30,33,34). The Morgan fingerprint density at radius 1 is 0.972 bits per heavy atom. The van der Waals surface area contributed by atoms with E-state index in [1.807, 2.05) is 4.90 Å². The van der Waals surface area contributed by atoms with Crippen molar-refractivity contribution >= 4 is 23.3 Å². The molecule has 1 N–H and O–H groups in total. The maximum absolute atomic E-state index is 13.3. The normalized spacial score (nSPS) is 22.2. The van der Waals surface area contributed by atoms with Gasteiger partial charge in [0.2, 0.25) is 0 Å². The van der Waals surface area contributed by atoms with Gasteiger partial charge in [0.25, 0.3) is 17.6 Å². The van der Waals surface area contributed by atoms with Crippen LogP contribution in [0.3, 0.4) is 0 Å². The molecule has 7 nitrogen and oxygen atoms in total. The van der Waals surface area contributed by atoms with Crippen molar-refractivity contribution in [3.05, 3.63) is 58.7 Å².